The zero-order valence-electron chi connectivity index (χ0n) is 22.2. The quantitative estimate of drug-likeness (QED) is 0.111. The first kappa shape index (κ1) is 31.9. The molecule has 0 rings (SSSR count). The fourth-order valence-electron chi connectivity index (χ4n) is 4.85. The average molecular weight is 454 g/mol. The Morgan fingerprint density at radius 2 is 0.406 bits per heavy atom. The molecule has 0 heterocycles. The molecule has 0 saturated carbocycles. The third kappa shape index (κ3) is 29.9. The van der Waals surface area contributed by atoms with Gasteiger partial charge in [0.2, 0.25) is 0 Å². The maximum Gasteiger partial charge on any atom is 0.0431 e. The SMILES string of the molecule is NCCCCCCCCCCCCCCCCCCCCCCCCCCCCCCO. The molecule has 0 aliphatic rings. The summed E-state index contributed by atoms with van der Waals surface area (Å²) in [6.45, 7) is 1.24. The number of rotatable bonds is 29. The molecule has 2 nitrogen and oxygen atoms in total. The van der Waals surface area contributed by atoms with Crippen molar-refractivity contribution in [3.05, 3.63) is 0 Å². The summed E-state index contributed by atoms with van der Waals surface area (Å²) >= 11 is 0. The van der Waals surface area contributed by atoms with E-state index in [2.05, 4.69) is 0 Å². The lowest BCUT2D eigenvalue weighted by Gasteiger charge is -2.04. The first-order chi connectivity index (χ1) is 15.9. The fraction of sp³-hybridized carbons (Fsp3) is 1.00. The number of hydrogen-bond acceptors (Lipinski definition) is 2. The number of nitrogens with two attached hydrogens (primary N) is 1. The minimum atomic E-state index is 0.372. The van der Waals surface area contributed by atoms with Crippen LogP contribution in [-0.4, -0.2) is 18.3 Å². The van der Waals surface area contributed by atoms with E-state index in [9.17, 15) is 0 Å². The molecule has 194 valence electrons. The lowest BCUT2D eigenvalue weighted by Crippen LogP contribution is -1.97. The van der Waals surface area contributed by atoms with Gasteiger partial charge in [0.15, 0.2) is 0 Å². The first-order valence-electron chi connectivity index (χ1n) is 15.2. The van der Waals surface area contributed by atoms with Crippen LogP contribution < -0.4 is 5.73 Å². The molecule has 0 atom stereocenters. The van der Waals surface area contributed by atoms with Gasteiger partial charge in [0.1, 0.15) is 0 Å². The maximum atomic E-state index is 8.76. The molecule has 2 heteroatoms. The van der Waals surface area contributed by atoms with Gasteiger partial charge in [0, 0.05) is 6.61 Å². The van der Waals surface area contributed by atoms with Gasteiger partial charge in [-0.3, -0.25) is 0 Å². The number of hydrogen-bond donors (Lipinski definition) is 2. The van der Waals surface area contributed by atoms with E-state index in [0.717, 1.165) is 13.0 Å². The van der Waals surface area contributed by atoms with Gasteiger partial charge in [0.05, 0.1) is 0 Å². The van der Waals surface area contributed by atoms with E-state index in [1.165, 1.54) is 173 Å². The molecule has 0 spiro atoms. The minimum Gasteiger partial charge on any atom is -0.396 e. The summed E-state index contributed by atoms with van der Waals surface area (Å²) in [5.74, 6) is 0. The molecule has 0 aromatic rings. The van der Waals surface area contributed by atoms with Crippen LogP contribution in [-0.2, 0) is 0 Å². The molecule has 0 radical (unpaired) electrons. The first-order valence-corrected chi connectivity index (χ1v) is 15.2. The van der Waals surface area contributed by atoms with Gasteiger partial charge in [0.25, 0.3) is 0 Å². The van der Waals surface area contributed by atoms with E-state index in [0.29, 0.717) is 6.61 Å². The standard InChI is InChI=1S/C30H63NO/c31-29-27-25-23-21-19-17-15-13-11-9-7-5-3-1-2-4-6-8-10-12-14-16-18-20-22-24-26-28-30-32/h32H,1-31H2. The third-order valence-electron chi connectivity index (χ3n) is 7.11. The monoisotopic (exact) mass is 453 g/mol. The summed E-state index contributed by atoms with van der Waals surface area (Å²) < 4.78 is 0. The molecule has 0 saturated heterocycles. The lowest BCUT2D eigenvalue weighted by molar-refractivity contribution is 0.282. The maximum absolute atomic E-state index is 8.76. The Labute approximate surface area is 203 Å². The predicted octanol–water partition coefficient (Wildman–Crippen LogP) is 9.86. The predicted molar refractivity (Wildman–Crippen MR) is 145 cm³/mol. The van der Waals surface area contributed by atoms with Crippen LogP contribution in [0.25, 0.3) is 0 Å². The minimum absolute atomic E-state index is 0.372. The summed E-state index contributed by atoms with van der Waals surface area (Å²) in [7, 11) is 0. The number of aliphatic hydroxyl groups is 1. The van der Waals surface area contributed by atoms with Crippen molar-refractivity contribution >= 4 is 0 Å². The van der Waals surface area contributed by atoms with Crippen molar-refractivity contribution in [1.29, 1.82) is 0 Å². The lowest BCUT2D eigenvalue weighted by atomic mass is 10.0. The van der Waals surface area contributed by atoms with Crippen LogP contribution in [0.5, 0.6) is 0 Å². The normalized spacial score (nSPS) is 11.4. The van der Waals surface area contributed by atoms with Gasteiger partial charge in [-0.05, 0) is 19.4 Å². The van der Waals surface area contributed by atoms with Crippen LogP contribution in [0.2, 0.25) is 0 Å². The van der Waals surface area contributed by atoms with Crippen LogP contribution in [0.4, 0.5) is 0 Å². The number of unbranched alkanes of at least 4 members (excludes halogenated alkanes) is 27. The summed E-state index contributed by atoms with van der Waals surface area (Å²) in [5, 5.41) is 8.76. The van der Waals surface area contributed by atoms with Gasteiger partial charge < -0.3 is 10.8 Å². The average Bonchev–Trinajstić information content (AvgIpc) is 2.81. The molecule has 0 bridgehead atoms. The molecule has 0 aliphatic carbocycles. The molecule has 0 aliphatic heterocycles. The van der Waals surface area contributed by atoms with Crippen molar-refractivity contribution < 1.29 is 5.11 Å². The Morgan fingerprint density at radius 1 is 0.250 bits per heavy atom. The second-order valence-corrected chi connectivity index (χ2v) is 10.4. The van der Waals surface area contributed by atoms with Gasteiger partial charge in [-0.2, -0.15) is 0 Å². The summed E-state index contributed by atoms with van der Waals surface area (Å²) in [6.07, 6.45) is 39.5. The van der Waals surface area contributed by atoms with Gasteiger partial charge in [-0.25, -0.2) is 0 Å². The zero-order valence-corrected chi connectivity index (χ0v) is 22.2. The summed E-state index contributed by atoms with van der Waals surface area (Å²) in [5.41, 5.74) is 5.53. The van der Waals surface area contributed by atoms with Crippen molar-refractivity contribution in [2.75, 3.05) is 13.2 Å². The van der Waals surface area contributed by atoms with E-state index in [1.807, 2.05) is 0 Å². The Kier molecular flexibility index (Phi) is 30.8. The van der Waals surface area contributed by atoms with Crippen molar-refractivity contribution in [1.82, 2.24) is 0 Å². The number of aliphatic hydroxyl groups excluding tert-OH is 1. The van der Waals surface area contributed by atoms with E-state index in [4.69, 9.17) is 10.8 Å². The Bertz CT molecular complexity index is 277. The molecular weight excluding hydrogens is 390 g/mol. The van der Waals surface area contributed by atoms with Crippen LogP contribution in [0.1, 0.15) is 180 Å². The van der Waals surface area contributed by atoms with Crippen molar-refractivity contribution in [3.8, 4) is 0 Å². The van der Waals surface area contributed by atoms with Gasteiger partial charge in [-0.15, -0.1) is 0 Å². The highest BCUT2D eigenvalue weighted by Gasteiger charge is 1.96. The zero-order chi connectivity index (χ0) is 23.2. The third-order valence-corrected chi connectivity index (χ3v) is 7.11. The molecule has 0 aromatic carbocycles. The van der Waals surface area contributed by atoms with Crippen molar-refractivity contribution in [3.63, 3.8) is 0 Å². The van der Waals surface area contributed by atoms with E-state index in [1.54, 1.807) is 0 Å². The smallest absolute Gasteiger partial charge is 0.0431 e. The Hall–Kier alpha value is -0.0800. The molecular formula is C30H63NO. The highest BCUT2D eigenvalue weighted by atomic mass is 16.2. The van der Waals surface area contributed by atoms with Crippen molar-refractivity contribution in [2.24, 2.45) is 5.73 Å². The van der Waals surface area contributed by atoms with E-state index in [-0.39, 0.29) is 0 Å². The van der Waals surface area contributed by atoms with Crippen LogP contribution in [0.15, 0.2) is 0 Å². The topological polar surface area (TPSA) is 46.2 Å². The molecule has 3 N–H and O–H groups in total. The molecule has 0 amide bonds. The highest BCUT2D eigenvalue weighted by molar-refractivity contribution is 4.52. The van der Waals surface area contributed by atoms with Crippen LogP contribution in [0, 0.1) is 0 Å². The second kappa shape index (κ2) is 30.9. The Balaban J connectivity index is 2.98. The van der Waals surface area contributed by atoms with Gasteiger partial charge in [-0.1, -0.05) is 167 Å². The van der Waals surface area contributed by atoms with Crippen LogP contribution >= 0.6 is 0 Å². The molecule has 0 fully saturated rings. The van der Waals surface area contributed by atoms with Crippen LogP contribution in [0.3, 0.4) is 0 Å². The molecule has 0 unspecified atom stereocenters. The molecule has 0 aromatic heterocycles. The molecule has 32 heavy (non-hydrogen) atoms. The van der Waals surface area contributed by atoms with Crippen molar-refractivity contribution in [2.45, 2.75) is 180 Å². The largest absolute Gasteiger partial charge is 0.396 e. The van der Waals surface area contributed by atoms with Gasteiger partial charge >= 0.3 is 0 Å². The van der Waals surface area contributed by atoms with E-state index >= 15 is 0 Å². The fourth-order valence-corrected chi connectivity index (χ4v) is 4.85. The highest BCUT2D eigenvalue weighted by Crippen LogP contribution is 2.16. The summed E-state index contributed by atoms with van der Waals surface area (Å²) in [6, 6.07) is 0. The Morgan fingerprint density at radius 3 is 0.562 bits per heavy atom. The second-order valence-electron chi connectivity index (χ2n) is 10.4. The summed E-state index contributed by atoms with van der Waals surface area (Å²) in [4.78, 5) is 0. The van der Waals surface area contributed by atoms with E-state index < -0.39 is 0 Å².